The molecule has 0 aromatic carbocycles. The molecule has 3 aliphatic heterocycles. The highest BCUT2D eigenvalue weighted by Crippen LogP contribution is 2.17. The molecule has 0 saturated carbocycles. The summed E-state index contributed by atoms with van der Waals surface area (Å²) in [6, 6.07) is 0. The lowest BCUT2D eigenvalue weighted by molar-refractivity contribution is -0.205. The molecular weight excluding hydrogens is 473 g/mol. The topological polar surface area (TPSA) is 36.9 Å². The molecule has 0 N–H and O–H groups in total. The van der Waals surface area contributed by atoms with Crippen LogP contribution >= 0.6 is 0 Å². The van der Waals surface area contributed by atoms with Gasteiger partial charge in [0, 0.05) is 52.8 Å². The number of rotatable bonds is 1. The Bertz CT molecular complexity index is 386. The van der Waals surface area contributed by atoms with E-state index in [1.165, 1.54) is 19.3 Å². The first-order valence-electron chi connectivity index (χ1n) is 11.5. The van der Waals surface area contributed by atoms with Crippen LogP contribution in [0.15, 0.2) is 0 Å². The van der Waals surface area contributed by atoms with Crippen LogP contribution in [-0.4, -0.2) is 65.5 Å². The lowest BCUT2D eigenvalue weighted by Crippen LogP contribution is -2.23. The molecule has 0 spiro atoms. The Morgan fingerprint density at radius 1 is 0.765 bits per heavy atom. The van der Waals surface area contributed by atoms with Gasteiger partial charge < -0.3 is 18.9 Å². The maximum absolute atomic E-state index is 11.2. The molecule has 11 heteroatoms. The smallest absolute Gasteiger partial charge is 0.381 e. The van der Waals surface area contributed by atoms with E-state index in [9.17, 15) is 30.7 Å². The van der Waals surface area contributed by atoms with Crippen molar-refractivity contribution in [3.8, 4) is 0 Å². The van der Waals surface area contributed by atoms with Crippen LogP contribution < -0.4 is 0 Å². The van der Waals surface area contributed by atoms with E-state index in [0.717, 1.165) is 78.4 Å². The molecule has 0 aromatic heterocycles. The van der Waals surface area contributed by atoms with E-state index in [4.69, 9.17) is 14.2 Å². The van der Waals surface area contributed by atoms with Crippen molar-refractivity contribution >= 4 is 0 Å². The van der Waals surface area contributed by atoms with E-state index in [1.807, 2.05) is 0 Å². The van der Waals surface area contributed by atoms with E-state index in [-0.39, 0.29) is 0 Å². The van der Waals surface area contributed by atoms with Gasteiger partial charge in [-0.1, -0.05) is 27.7 Å². The molecule has 0 radical (unpaired) electrons. The first kappa shape index (κ1) is 37.9. The molecule has 3 heterocycles. The Hall–Kier alpha value is -0.650. The van der Waals surface area contributed by atoms with E-state index in [0.29, 0.717) is 6.92 Å². The van der Waals surface area contributed by atoms with Gasteiger partial charge >= 0.3 is 12.3 Å². The fourth-order valence-corrected chi connectivity index (χ4v) is 1.82. The number of halogens is 7. The second-order valence-corrected chi connectivity index (χ2v) is 8.41. The van der Waals surface area contributed by atoms with E-state index < -0.39 is 25.1 Å². The number of ether oxygens (including phenoxy) is 4. The van der Waals surface area contributed by atoms with Crippen LogP contribution in [0.3, 0.4) is 0 Å². The summed E-state index contributed by atoms with van der Waals surface area (Å²) in [7, 11) is 0.958. The molecular formula is C23H45F7O4. The maximum atomic E-state index is 11.2. The summed E-state index contributed by atoms with van der Waals surface area (Å²) in [6.45, 7) is 15.2. The highest BCUT2D eigenvalue weighted by Gasteiger charge is 2.22. The molecule has 4 nitrogen and oxygen atoms in total. The van der Waals surface area contributed by atoms with Crippen molar-refractivity contribution in [1.29, 1.82) is 0 Å². The zero-order chi connectivity index (χ0) is 27.2. The summed E-state index contributed by atoms with van der Waals surface area (Å²) in [5.74, 6) is 2.58. The van der Waals surface area contributed by atoms with Gasteiger partial charge in [-0.25, -0.2) is 8.78 Å². The predicted molar refractivity (Wildman–Crippen MR) is 119 cm³/mol. The Labute approximate surface area is 200 Å². The zero-order valence-corrected chi connectivity index (χ0v) is 21.7. The first-order chi connectivity index (χ1) is 15.5. The minimum absolute atomic E-state index is 0.688. The molecule has 3 saturated heterocycles. The molecule has 34 heavy (non-hydrogen) atoms. The van der Waals surface area contributed by atoms with Gasteiger partial charge in [0.2, 0.25) is 6.43 Å². The normalized spacial score (nSPS) is 20.4. The number of alkyl halides is 7. The molecule has 3 rings (SSSR count). The Balaban J connectivity index is -0.000000342. The summed E-state index contributed by atoms with van der Waals surface area (Å²) in [5, 5.41) is 0. The van der Waals surface area contributed by atoms with Crippen LogP contribution in [0.2, 0.25) is 0 Å². The van der Waals surface area contributed by atoms with Crippen molar-refractivity contribution in [2.45, 2.75) is 85.9 Å². The standard InChI is InChI=1S/C6H12O.C5H10O.C4H8O.C3H5F3.C3H6F2O.C2H4F2/c1-6-2-4-7-5-3-6;1-5-2-3-6-4-5;1-4-2-5-3-4;1-2-3(4,5)6;1-3(4,5)6-2;1-2(3)4/h6H,2-5H2,1H3;5H,2-4H2,1H3;4H,2-3H2,1H3;2H2,1H3;1-2H3;2H,1H3. The molecule has 1 atom stereocenters. The maximum Gasteiger partial charge on any atom is 0.388 e. The summed E-state index contributed by atoms with van der Waals surface area (Å²) in [4.78, 5) is 0. The molecule has 0 aromatic rings. The highest BCUT2D eigenvalue weighted by atomic mass is 19.4. The van der Waals surface area contributed by atoms with Crippen LogP contribution in [0.1, 0.15) is 67.2 Å². The molecule has 0 bridgehead atoms. The lowest BCUT2D eigenvalue weighted by atomic mass is 10.0. The molecule has 0 aliphatic carbocycles. The summed E-state index contributed by atoms with van der Waals surface area (Å²) >= 11 is 0. The van der Waals surface area contributed by atoms with Gasteiger partial charge in [0.25, 0.3) is 0 Å². The van der Waals surface area contributed by atoms with Gasteiger partial charge in [0.15, 0.2) is 0 Å². The lowest BCUT2D eigenvalue weighted by Gasteiger charge is -2.20. The van der Waals surface area contributed by atoms with Crippen molar-refractivity contribution in [3.05, 3.63) is 0 Å². The summed E-state index contributed by atoms with van der Waals surface area (Å²) in [6.07, 6.45) is -6.02. The third kappa shape index (κ3) is 41.6. The van der Waals surface area contributed by atoms with Gasteiger partial charge in [-0.15, -0.1) is 0 Å². The molecule has 1 unspecified atom stereocenters. The Kier molecular flexibility index (Phi) is 25.4. The molecule has 3 aliphatic rings. The molecule has 3 fully saturated rings. The fraction of sp³-hybridized carbons (Fsp3) is 1.00. The van der Waals surface area contributed by atoms with Crippen molar-refractivity contribution in [3.63, 3.8) is 0 Å². The Morgan fingerprint density at radius 2 is 1.09 bits per heavy atom. The number of methoxy groups -OCH3 is 1. The minimum atomic E-state index is -3.96. The van der Waals surface area contributed by atoms with Gasteiger partial charge in [-0.3, -0.25) is 0 Å². The van der Waals surface area contributed by atoms with Crippen molar-refractivity contribution in [2.75, 3.05) is 46.8 Å². The average molecular weight is 519 g/mol. The largest absolute Gasteiger partial charge is 0.388 e. The monoisotopic (exact) mass is 518 g/mol. The average Bonchev–Trinajstić information content (AvgIpc) is 3.18. The highest BCUT2D eigenvalue weighted by molar-refractivity contribution is 4.57. The quantitative estimate of drug-likeness (QED) is 0.335. The van der Waals surface area contributed by atoms with Crippen LogP contribution in [-0.2, 0) is 18.9 Å². The van der Waals surface area contributed by atoms with Crippen molar-refractivity contribution in [2.24, 2.45) is 17.8 Å². The SMILES string of the molecule is CC(F)F.CC1CCOC1.CC1CCOCC1.CC1COC1.CCC(F)(F)F.COC(C)(F)F. The van der Waals surface area contributed by atoms with E-state index in [1.54, 1.807) is 0 Å². The zero-order valence-electron chi connectivity index (χ0n) is 21.7. The van der Waals surface area contributed by atoms with E-state index in [2.05, 4.69) is 25.5 Å². The fourth-order valence-electron chi connectivity index (χ4n) is 1.82. The van der Waals surface area contributed by atoms with Crippen LogP contribution in [0.4, 0.5) is 30.7 Å². The van der Waals surface area contributed by atoms with Gasteiger partial charge in [0.05, 0.1) is 13.2 Å². The van der Waals surface area contributed by atoms with Crippen LogP contribution in [0.5, 0.6) is 0 Å². The molecule has 210 valence electrons. The number of hydrogen-bond acceptors (Lipinski definition) is 4. The predicted octanol–water partition coefficient (Wildman–Crippen LogP) is 7.60. The van der Waals surface area contributed by atoms with Crippen LogP contribution in [0, 0.1) is 17.8 Å². The summed E-state index contributed by atoms with van der Waals surface area (Å²) in [5.41, 5.74) is 0. The minimum Gasteiger partial charge on any atom is -0.381 e. The van der Waals surface area contributed by atoms with Crippen molar-refractivity contribution in [1.82, 2.24) is 0 Å². The van der Waals surface area contributed by atoms with Gasteiger partial charge in [0.1, 0.15) is 0 Å². The van der Waals surface area contributed by atoms with Crippen molar-refractivity contribution < 1.29 is 49.7 Å². The van der Waals surface area contributed by atoms with Gasteiger partial charge in [-0.05, 0) is 38.0 Å². The first-order valence-corrected chi connectivity index (χ1v) is 11.5. The second kappa shape index (κ2) is 22.8. The van der Waals surface area contributed by atoms with Crippen LogP contribution in [0.25, 0.3) is 0 Å². The number of hydrogen-bond donors (Lipinski definition) is 0. The molecule has 0 amide bonds. The van der Waals surface area contributed by atoms with Gasteiger partial charge in [-0.2, -0.15) is 22.0 Å². The van der Waals surface area contributed by atoms with E-state index >= 15 is 0 Å². The Morgan fingerprint density at radius 3 is 1.18 bits per heavy atom. The summed E-state index contributed by atoms with van der Waals surface area (Å²) < 4.78 is 94.1. The second-order valence-electron chi connectivity index (χ2n) is 8.41. The third-order valence-corrected chi connectivity index (χ3v) is 4.23. The third-order valence-electron chi connectivity index (χ3n) is 4.23.